The number of quaternary nitrogens is 1. The van der Waals surface area contributed by atoms with Gasteiger partial charge in [-0.3, -0.25) is 4.79 Å². The van der Waals surface area contributed by atoms with Gasteiger partial charge in [-0.25, -0.2) is 13.9 Å². The predicted octanol–water partition coefficient (Wildman–Crippen LogP) is 1.64. The van der Waals surface area contributed by atoms with E-state index in [0.717, 1.165) is 9.87 Å². The topological polar surface area (TPSA) is 54.5 Å². The third-order valence-corrected chi connectivity index (χ3v) is 2.94. The Morgan fingerprint density at radius 3 is 2.33 bits per heavy atom. The molecule has 0 aromatic heterocycles. The Balaban J connectivity index is 3.00. The molecule has 0 bridgehead atoms. The third kappa shape index (κ3) is 3.14. The monoisotopic (exact) mass is 271 g/mol. The summed E-state index contributed by atoms with van der Waals surface area (Å²) in [4.78, 5) is 33.0. The van der Waals surface area contributed by atoms with Crippen molar-refractivity contribution >= 4 is 30.9 Å². The number of carbonyl (C=O) groups excluding carboxylic acids is 3. The van der Waals surface area contributed by atoms with Gasteiger partial charge in [0, 0.05) is 11.5 Å². The fourth-order valence-corrected chi connectivity index (χ4v) is 1.81. The molecule has 0 aliphatic rings. The van der Waals surface area contributed by atoms with Crippen LogP contribution in [0.3, 0.4) is 0 Å². The smallest absolute Gasteiger partial charge is 0.278 e. The molecule has 1 rings (SSSR count). The van der Waals surface area contributed by atoms with Gasteiger partial charge in [-0.15, -0.1) is 0 Å². The van der Waals surface area contributed by atoms with Crippen LogP contribution < -0.4 is 0 Å². The van der Waals surface area contributed by atoms with Crippen molar-refractivity contribution in [2.75, 3.05) is 7.05 Å². The van der Waals surface area contributed by atoms with Crippen molar-refractivity contribution < 1.29 is 23.0 Å². The van der Waals surface area contributed by atoms with Crippen LogP contribution in [0.4, 0.5) is 4.48 Å². The van der Waals surface area contributed by atoms with E-state index >= 15 is 0 Å². The zero-order valence-electron chi connectivity index (χ0n) is 9.87. The van der Waals surface area contributed by atoms with Crippen molar-refractivity contribution in [3.63, 3.8) is 0 Å². The van der Waals surface area contributed by atoms with Crippen LogP contribution in [-0.4, -0.2) is 34.2 Å². The zero-order valence-corrected chi connectivity index (χ0v) is 10.7. The summed E-state index contributed by atoms with van der Waals surface area (Å²) in [6, 6.07) is 6.12. The number of hydrogen-bond acceptors (Lipinski definition) is 4. The maximum Gasteiger partial charge on any atom is 0.404 e. The van der Waals surface area contributed by atoms with Crippen LogP contribution in [0, 0.1) is 6.92 Å². The van der Waals surface area contributed by atoms with Gasteiger partial charge in [0.05, 0.1) is 9.67 Å². The predicted molar refractivity (Wildman–Crippen MR) is 64.4 cm³/mol. The van der Waals surface area contributed by atoms with Crippen molar-refractivity contribution in [1.29, 1.82) is 0 Å². The van der Waals surface area contributed by atoms with Gasteiger partial charge in [-0.2, -0.15) is 0 Å². The summed E-state index contributed by atoms with van der Waals surface area (Å²) >= 11 is 0.173. The van der Waals surface area contributed by atoms with Gasteiger partial charge < -0.3 is 0 Å². The van der Waals surface area contributed by atoms with Gasteiger partial charge in [0.1, 0.15) is 0 Å². The molecule has 0 spiro atoms. The fourth-order valence-electron chi connectivity index (χ4n) is 1.18. The lowest BCUT2D eigenvalue weighted by Gasteiger charge is -2.16. The first-order valence-electron chi connectivity index (χ1n) is 4.97. The lowest BCUT2D eigenvalue weighted by Crippen LogP contribution is -2.40. The molecule has 1 aromatic carbocycles. The maximum absolute atomic E-state index is 14.1. The molecule has 1 aromatic rings. The van der Waals surface area contributed by atoms with Crippen LogP contribution in [-0.2, 0) is 9.59 Å². The van der Waals surface area contributed by atoms with Crippen molar-refractivity contribution in [2.45, 2.75) is 6.92 Å². The van der Waals surface area contributed by atoms with Crippen molar-refractivity contribution in [2.24, 2.45) is 0 Å². The molecule has 0 N–H and O–H groups in total. The molecule has 0 saturated heterocycles. The zero-order chi connectivity index (χ0) is 13.8. The molecule has 1 atom stereocenters. The van der Waals surface area contributed by atoms with E-state index in [1.54, 1.807) is 12.1 Å². The molecule has 0 fully saturated rings. The summed E-state index contributed by atoms with van der Waals surface area (Å²) < 4.78 is 12.9. The van der Waals surface area contributed by atoms with Crippen LogP contribution in [0.15, 0.2) is 24.3 Å². The Labute approximate surface area is 108 Å². The van der Waals surface area contributed by atoms with E-state index in [2.05, 4.69) is 0 Å². The summed E-state index contributed by atoms with van der Waals surface area (Å²) in [7, 11) is 1.25. The summed E-state index contributed by atoms with van der Waals surface area (Å²) in [6.45, 7) is 1.82. The first kappa shape index (κ1) is 14.3. The van der Waals surface area contributed by atoms with Crippen molar-refractivity contribution in [3.05, 3.63) is 35.4 Å². The molecule has 7 heteroatoms. The third-order valence-electron chi connectivity index (χ3n) is 2.11. The molecular weight excluding hydrogens is 259 g/mol. The first-order chi connectivity index (χ1) is 8.42. The molecule has 0 radical (unpaired) electrons. The van der Waals surface area contributed by atoms with Gasteiger partial charge in [0.25, 0.3) is 12.1 Å². The summed E-state index contributed by atoms with van der Waals surface area (Å²) in [6.07, 6.45) is 0.149. The van der Waals surface area contributed by atoms with Crippen LogP contribution in [0.25, 0.3) is 0 Å². The molecule has 0 heterocycles. The first-order valence-corrected chi connectivity index (χ1v) is 5.70. The highest BCUT2D eigenvalue weighted by Gasteiger charge is 2.44. The number of aryl methyl sites for hydroxylation is 1. The highest BCUT2D eigenvalue weighted by Crippen LogP contribution is 2.27. The molecule has 0 saturated carbocycles. The summed E-state index contributed by atoms with van der Waals surface area (Å²) in [5.41, 5.74) is 0.967. The lowest BCUT2D eigenvalue weighted by molar-refractivity contribution is -0.785. The number of hydrogen-bond donors (Lipinski definition) is 0. The highest BCUT2D eigenvalue weighted by atomic mass is 32.2. The largest absolute Gasteiger partial charge is 0.404 e. The second-order valence-electron chi connectivity index (χ2n) is 3.59. The number of carbonyl (C=O) groups is 3. The Kier molecular flexibility index (Phi) is 4.57. The standard InChI is InChI=1S/C11H12FN2O3S/c1-9-3-5-10(6-4-9)11(17)14(12,8-16)18-13(2)7-15/h3-8H,1-2H3/q+1. The average molecular weight is 271 g/mol. The van der Waals surface area contributed by atoms with E-state index in [9.17, 15) is 18.9 Å². The number of benzene rings is 1. The number of nitrogens with zero attached hydrogens (tertiary/aromatic N) is 2. The second kappa shape index (κ2) is 5.74. The fraction of sp³-hybridized carbons (Fsp3) is 0.182. The van der Waals surface area contributed by atoms with E-state index in [0.29, 0.717) is 6.41 Å². The molecule has 3 amide bonds. The number of imide groups is 1. The molecular formula is C11H12FN2O3S+. The van der Waals surface area contributed by atoms with E-state index in [1.165, 1.54) is 19.2 Å². The van der Waals surface area contributed by atoms with Gasteiger partial charge in [-0.1, -0.05) is 17.7 Å². The normalized spacial score (nSPS) is 13.5. The van der Waals surface area contributed by atoms with Crippen LogP contribution in [0.1, 0.15) is 15.9 Å². The van der Waals surface area contributed by atoms with Crippen LogP contribution in [0.5, 0.6) is 0 Å². The van der Waals surface area contributed by atoms with Gasteiger partial charge >= 0.3 is 12.3 Å². The molecule has 5 nitrogen and oxygen atoms in total. The van der Waals surface area contributed by atoms with Gasteiger partial charge in [0.2, 0.25) is 6.41 Å². The Bertz CT molecular complexity index is 466. The SMILES string of the molecule is Cc1ccc(C(=O)[N+](F)(C=O)SN(C)C=O)cc1. The number of amides is 3. The molecule has 0 aliphatic carbocycles. The maximum atomic E-state index is 14.1. The molecule has 18 heavy (non-hydrogen) atoms. The van der Waals surface area contributed by atoms with E-state index in [-0.39, 0.29) is 24.1 Å². The van der Waals surface area contributed by atoms with Crippen LogP contribution >= 0.6 is 12.1 Å². The Morgan fingerprint density at radius 2 is 1.89 bits per heavy atom. The molecule has 1 unspecified atom stereocenters. The van der Waals surface area contributed by atoms with Gasteiger partial charge in [0.15, 0.2) is 0 Å². The van der Waals surface area contributed by atoms with Crippen LogP contribution in [0.2, 0.25) is 0 Å². The minimum absolute atomic E-state index is 0.0574. The second-order valence-corrected chi connectivity index (χ2v) is 4.86. The number of halogens is 1. The minimum atomic E-state index is -2.07. The quantitative estimate of drug-likeness (QED) is 0.464. The Morgan fingerprint density at radius 1 is 1.33 bits per heavy atom. The van der Waals surface area contributed by atoms with Crippen molar-refractivity contribution in [1.82, 2.24) is 4.31 Å². The minimum Gasteiger partial charge on any atom is -0.278 e. The highest BCUT2D eigenvalue weighted by molar-refractivity contribution is 7.92. The summed E-state index contributed by atoms with van der Waals surface area (Å²) in [5, 5.41) is 0. The molecule has 96 valence electrons. The average Bonchev–Trinajstić information content (AvgIpc) is 2.38. The van der Waals surface area contributed by atoms with Crippen molar-refractivity contribution in [3.8, 4) is 0 Å². The van der Waals surface area contributed by atoms with E-state index in [1.807, 2.05) is 6.92 Å². The van der Waals surface area contributed by atoms with Gasteiger partial charge in [-0.05, 0) is 19.1 Å². The van der Waals surface area contributed by atoms with E-state index < -0.39 is 10.0 Å². The Hall–Kier alpha value is -1.73. The summed E-state index contributed by atoms with van der Waals surface area (Å²) in [5.74, 6) is -1.04. The molecule has 0 aliphatic heterocycles. The van der Waals surface area contributed by atoms with E-state index in [4.69, 9.17) is 0 Å². The lowest BCUT2D eigenvalue weighted by atomic mass is 10.1. The number of rotatable bonds is 5.